The summed E-state index contributed by atoms with van der Waals surface area (Å²) in [5.74, 6) is 0.631. The molecule has 0 bridgehead atoms. The standard InChI is InChI=1S/C11H18ClN3O/c1-9-10(8-14-15-9)4-3-7-13-11(16)5-2-6-12/h8H,2-7H2,1H3,(H,13,16)(H,14,15). The maximum absolute atomic E-state index is 11.2. The normalized spacial score (nSPS) is 10.4. The number of H-pyrrole nitrogens is 1. The molecule has 0 unspecified atom stereocenters. The molecule has 1 aromatic rings. The van der Waals surface area contributed by atoms with Gasteiger partial charge in [0.05, 0.1) is 6.20 Å². The number of nitrogens with one attached hydrogen (secondary N) is 2. The van der Waals surface area contributed by atoms with Crippen molar-refractivity contribution in [1.82, 2.24) is 15.5 Å². The molecule has 1 amide bonds. The molecule has 16 heavy (non-hydrogen) atoms. The van der Waals surface area contributed by atoms with E-state index in [1.54, 1.807) is 0 Å². The largest absolute Gasteiger partial charge is 0.356 e. The number of alkyl halides is 1. The van der Waals surface area contributed by atoms with Crippen LogP contribution in [-0.4, -0.2) is 28.5 Å². The van der Waals surface area contributed by atoms with Crippen LogP contribution in [0.15, 0.2) is 6.20 Å². The van der Waals surface area contributed by atoms with Crippen molar-refractivity contribution < 1.29 is 4.79 Å². The first kappa shape index (κ1) is 13.0. The highest BCUT2D eigenvalue weighted by molar-refractivity contribution is 6.17. The minimum atomic E-state index is 0.0876. The second-order valence-electron chi connectivity index (χ2n) is 3.77. The van der Waals surface area contributed by atoms with Crippen LogP contribution >= 0.6 is 11.6 Å². The summed E-state index contributed by atoms with van der Waals surface area (Å²) >= 11 is 5.50. The predicted octanol–water partition coefficient (Wildman–Crippen LogP) is 1.79. The summed E-state index contributed by atoms with van der Waals surface area (Å²) in [6.07, 6.45) is 4.98. The van der Waals surface area contributed by atoms with Crippen molar-refractivity contribution in [3.63, 3.8) is 0 Å². The number of hydrogen-bond donors (Lipinski definition) is 2. The molecule has 0 atom stereocenters. The van der Waals surface area contributed by atoms with E-state index in [0.717, 1.165) is 25.0 Å². The molecule has 0 aliphatic carbocycles. The third-order valence-corrected chi connectivity index (χ3v) is 2.68. The van der Waals surface area contributed by atoms with Gasteiger partial charge < -0.3 is 5.32 Å². The SMILES string of the molecule is Cc1[nH]ncc1CCCNC(=O)CCCCl. The number of aryl methyl sites for hydroxylation is 2. The number of carbonyl (C=O) groups excluding carboxylic acids is 1. The summed E-state index contributed by atoms with van der Waals surface area (Å²) in [7, 11) is 0. The van der Waals surface area contributed by atoms with Crippen molar-refractivity contribution in [3.05, 3.63) is 17.5 Å². The zero-order valence-corrected chi connectivity index (χ0v) is 10.3. The van der Waals surface area contributed by atoms with Gasteiger partial charge in [0, 0.05) is 24.5 Å². The molecule has 4 nitrogen and oxygen atoms in total. The van der Waals surface area contributed by atoms with Crippen LogP contribution in [0.5, 0.6) is 0 Å². The number of halogens is 1. The summed E-state index contributed by atoms with van der Waals surface area (Å²) in [6, 6.07) is 0. The van der Waals surface area contributed by atoms with Gasteiger partial charge in [-0.3, -0.25) is 9.89 Å². The summed E-state index contributed by atoms with van der Waals surface area (Å²) < 4.78 is 0. The Labute approximate surface area is 101 Å². The highest BCUT2D eigenvalue weighted by Gasteiger charge is 2.02. The van der Waals surface area contributed by atoms with Crippen molar-refractivity contribution in [1.29, 1.82) is 0 Å². The van der Waals surface area contributed by atoms with Gasteiger partial charge >= 0.3 is 0 Å². The maximum Gasteiger partial charge on any atom is 0.220 e. The number of nitrogens with zero attached hydrogens (tertiary/aromatic N) is 1. The average molecular weight is 244 g/mol. The average Bonchev–Trinajstić information content (AvgIpc) is 2.67. The fourth-order valence-corrected chi connectivity index (χ4v) is 1.58. The lowest BCUT2D eigenvalue weighted by Crippen LogP contribution is -2.24. The van der Waals surface area contributed by atoms with E-state index in [2.05, 4.69) is 15.5 Å². The van der Waals surface area contributed by atoms with Gasteiger partial charge in [-0.25, -0.2) is 0 Å². The Balaban J connectivity index is 2.08. The van der Waals surface area contributed by atoms with Gasteiger partial charge in [-0.15, -0.1) is 11.6 Å². The van der Waals surface area contributed by atoms with Crippen LogP contribution in [0.3, 0.4) is 0 Å². The van der Waals surface area contributed by atoms with Crippen LogP contribution in [0.2, 0.25) is 0 Å². The molecule has 0 radical (unpaired) electrons. The van der Waals surface area contributed by atoms with E-state index >= 15 is 0 Å². The zero-order valence-electron chi connectivity index (χ0n) is 9.55. The molecule has 1 heterocycles. The minimum Gasteiger partial charge on any atom is -0.356 e. The Bertz CT molecular complexity index is 325. The Kier molecular flexibility index (Phi) is 5.93. The Morgan fingerprint density at radius 1 is 1.56 bits per heavy atom. The van der Waals surface area contributed by atoms with Crippen molar-refractivity contribution >= 4 is 17.5 Å². The number of carbonyl (C=O) groups is 1. The molecule has 0 aromatic carbocycles. The van der Waals surface area contributed by atoms with Crippen molar-refractivity contribution in [2.45, 2.75) is 32.6 Å². The van der Waals surface area contributed by atoms with Crippen molar-refractivity contribution in [2.75, 3.05) is 12.4 Å². The Morgan fingerprint density at radius 2 is 2.38 bits per heavy atom. The molecule has 1 rings (SSSR count). The van der Waals surface area contributed by atoms with E-state index in [9.17, 15) is 4.79 Å². The van der Waals surface area contributed by atoms with Crippen LogP contribution in [-0.2, 0) is 11.2 Å². The lowest BCUT2D eigenvalue weighted by molar-refractivity contribution is -0.121. The first-order valence-corrected chi connectivity index (χ1v) is 6.09. The van der Waals surface area contributed by atoms with Crippen molar-refractivity contribution in [2.24, 2.45) is 0 Å². The fourth-order valence-electron chi connectivity index (χ4n) is 1.45. The monoisotopic (exact) mass is 243 g/mol. The number of aromatic amines is 1. The predicted molar refractivity (Wildman–Crippen MR) is 64.6 cm³/mol. The smallest absolute Gasteiger partial charge is 0.220 e. The van der Waals surface area contributed by atoms with Gasteiger partial charge in [-0.2, -0.15) is 5.10 Å². The Hall–Kier alpha value is -1.03. The third-order valence-electron chi connectivity index (χ3n) is 2.42. The van der Waals surface area contributed by atoms with Crippen LogP contribution in [0.1, 0.15) is 30.5 Å². The van der Waals surface area contributed by atoms with Crippen LogP contribution in [0.4, 0.5) is 0 Å². The summed E-state index contributed by atoms with van der Waals surface area (Å²) in [5.41, 5.74) is 2.32. The molecule has 90 valence electrons. The number of amides is 1. The molecule has 0 fully saturated rings. The van der Waals surface area contributed by atoms with E-state index in [-0.39, 0.29) is 5.91 Å². The topological polar surface area (TPSA) is 57.8 Å². The number of aromatic nitrogens is 2. The highest BCUT2D eigenvalue weighted by Crippen LogP contribution is 2.05. The molecular weight excluding hydrogens is 226 g/mol. The van der Waals surface area contributed by atoms with Crippen LogP contribution < -0.4 is 5.32 Å². The van der Waals surface area contributed by atoms with E-state index in [1.165, 1.54) is 5.56 Å². The molecular formula is C11H18ClN3O. The zero-order chi connectivity index (χ0) is 11.8. The molecule has 0 saturated heterocycles. The summed E-state index contributed by atoms with van der Waals surface area (Å²) in [6.45, 7) is 2.72. The van der Waals surface area contributed by atoms with E-state index in [4.69, 9.17) is 11.6 Å². The molecule has 0 saturated carbocycles. The quantitative estimate of drug-likeness (QED) is 0.567. The fraction of sp³-hybridized carbons (Fsp3) is 0.636. The lowest BCUT2D eigenvalue weighted by atomic mass is 10.1. The van der Waals surface area contributed by atoms with Gasteiger partial charge in [0.15, 0.2) is 0 Å². The number of rotatable bonds is 7. The first-order chi connectivity index (χ1) is 7.74. The van der Waals surface area contributed by atoms with Gasteiger partial charge in [0.2, 0.25) is 5.91 Å². The number of hydrogen-bond acceptors (Lipinski definition) is 2. The van der Waals surface area contributed by atoms with E-state index in [1.807, 2.05) is 13.1 Å². The molecule has 0 spiro atoms. The van der Waals surface area contributed by atoms with Gasteiger partial charge in [-0.1, -0.05) is 0 Å². The highest BCUT2D eigenvalue weighted by atomic mass is 35.5. The van der Waals surface area contributed by atoms with E-state index in [0.29, 0.717) is 18.8 Å². The molecule has 5 heteroatoms. The van der Waals surface area contributed by atoms with Gasteiger partial charge in [-0.05, 0) is 31.7 Å². The van der Waals surface area contributed by atoms with Crippen molar-refractivity contribution in [3.8, 4) is 0 Å². The third kappa shape index (κ3) is 4.66. The minimum absolute atomic E-state index is 0.0876. The molecule has 1 aromatic heterocycles. The summed E-state index contributed by atoms with van der Waals surface area (Å²) in [5, 5.41) is 9.71. The molecule has 0 aliphatic heterocycles. The maximum atomic E-state index is 11.2. The Morgan fingerprint density at radius 3 is 3.00 bits per heavy atom. The first-order valence-electron chi connectivity index (χ1n) is 5.55. The van der Waals surface area contributed by atoms with E-state index < -0.39 is 0 Å². The van der Waals surface area contributed by atoms with Crippen LogP contribution in [0.25, 0.3) is 0 Å². The van der Waals surface area contributed by atoms with Gasteiger partial charge in [0.1, 0.15) is 0 Å². The van der Waals surface area contributed by atoms with Gasteiger partial charge in [0.25, 0.3) is 0 Å². The second kappa shape index (κ2) is 7.28. The van der Waals surface area contributed by atoms with Crippen LogP contribution in [0, 0.1) is 6.92 Å². The molecule has 2 N–H and O–H groups in total. The lowest BCUT2D eigenvalue weighted by Gasteiger charge is -2.03. The summed E-state index contributed by atoms with van der Waals surface area (Å²) in [4.78, 5) is 11.2. The molecule has 0 aliphatic rings. The second-order valence-corrected chi connectivity index (χ2v) is 4.14.